The number of nitrogens with two attached hydrogens (primary N) is 1. The van der Waals surface area contributed by atoms with E-state index in [2.05, 4.69) is 21.8 Å². The second-order valence-corrected chi connectivity index (χ2v) is 2.40. The zero-order valence-corrected chi connectivity index (χ0v) is 7.24. The summed E-state index contributed by atoms with van der Waals surface area (Å²) < 4.78 is 0. The summed E-state index contributed by atoms with van der Waals surface area (Å²) in [5, 5.41) is 0. The fourth-order valence-corrected chi connectivity index (χ4v) is 0.796. The van der Waals surface area contributed by atoms with Crippen molar-refractivity contribution in [3.63, 3.8) is 0 Å². The van der Waals surface area contributed by atoms with Crippen molar-refractivity contribution in [1.82, 2.24) is 9.97 Å². The lowest BCUT2D eigenvalue weighted by Crippen LogP contribution is -1.98. The molecular formula is C9H9N3O. The maximum atomic E-state index is 9.98. The molecule has 2 N–H and O–H groups in total. The van der Waals surface area contributed by atoms with Gasteiger partial charge in [-0.3, -0.25) is 0 Å². The molecule has 1 aromatic rings. The monoisotopic (exact) mass is 175 g/mol. The Morgan fingerprint density at radius 1 is 1.69 bits per heavy atom. The number of carbonyl (C=O) groups is 1. The first-order valence-corrected chi connectivity index (χ1v) is 3.75. The first-order valence-electron chi connectivity index (χ1n) is 3.75. The number of aldehydes is 1. The molecule has 0 saturated carbocycles. The van der Waals surface area contributed by atoms with Crippen LogP contribution in [0, 0.1) is 18.8 Å². The normalized spacial score (nSPS) is 8.69. The second kappa shape index (κ2) is 4.21. The van der Waals surface area contributed by atoms with Crippen molar-refractivity contribution in [3.8, 4) is 11.8 Å². The van der Waals surface area contributed by atoms with Crippen molar-refractivity contribution in [3.05, 3.63) is 17.5 Å². The van der Waals surface area contributed by atoms with E-state index < -0.39 is 0 Å². The summed E-state index contributed by atoms with van der Waals surface area (Å²) in [4.78, 5) is 17.7. The molecule has 1 rings (SSSR count). The Morgan fingerprint density at radius 2 is 2.46 bits per heavy atom. The lowest BCUT2D eigenvalue weighted by molar-refractivity contribution is -0.107. The number of nitrogens with zero attached hydrogens (tertiary/aromatic N) is 2. The summed E-state index contributed by atoms with van der Waals surface area (Å²) in [5.74, 6) is 5.69. The third-order valence-electron chi connectivity index (χ3n) is 1.41. The van der Waals surface area contributed by atoms with Crippen molar-refractivity contribution in [2.24, 2.45) is 0 Å². The van der Waals surface area contributed by atoms with E-state index in [-0.39, 0.29) is 12.4 Å². The van der Waals surface area contributed by atoms with Crippen molar-refractivity contribution >= 4 is 12.2 Å². The van der Waals surface area contributed by atoms with Crippen LogP contribution >= 0.6 is 0 Å². The fourth-order valence-electron chi connectivity index (χ4n) is 0.796. The number of anilines is 1. The number of aryl methyl sites for hydroxylation is 1. The molecule has 0 aromatic carbocycles. The number of rotatable bonds is 1. The van der Waals surface area contributed by atoms with E-state index in [1.54, 1.807) is 13.1 Å². The predicted octanol–water partition coefficient (Wildman–Crippen LogP) is 0.308. The van der Waals surface area contributed by atoms with Crippen molar-refractivity contribution in [2.45, 2.75) is 13.3 Å². The van der Waals surface area contributed by atoms with Crippen molar-refractivity contribution < 1.29 is 4.79 Å². The topological polar surface area (TPSA) is 68.9 Å². The van der Waals surface area contributed by atoms with E-state index in [0.29, 0.717) is 5.56 Å². The molecule has 0 saturated heterocycles. The van der Waals surface area contributed by atoms with Gasteiger partial charge in [-0.1, -0.05) is 11.8 Å². The molecule has 0 aliphatic carbocycles. The van der Waals surface area contributed by atoms with Gasteiger partial charge in [0.05, 0.1) is 17.7 Å². The molecule has 0 aliphatic heterocycles. The largest absolute Gasteiger partial charge is 0.368 e. The average molecular weight is 175 g/mol. The quantitative estimate of drug-likeness (QED) is 0.492. The molecule has 13 heavy (non-hydrogen) atoms. The Balaban J connectivity index is 2.91. The molecular weight excluding hydrogens is 166 g/mol. The number of aromatic nitrogens is 2. The van der Waals surface area contributed by atoms with Crippen LogP contribution in [0.15, 0.2) is 6.20 Å². The lowest BCUT2D eigenvalue weighted by atomic mass is 10.2. The van der Waals surface area contributed by atoms with Gasteiger partial charge in [-0.25, -0.2) is 9.97 Å². The molecule has 0 spiro atoms. The minimum Gasteiger partial charge on any atom is -0.368 e. The van der Waals surface area contributed by atoms with Crippen LogP contribution in [0.2, 0.25) is 0 Å². The molecule has 0 aliphatic rings. The van der Waals surface area contributed by atoms with Crippen LogP contribution in [0.5, 0.6) is 0 Å². The van der Waals surface area contributed by atoms with Gasteiger partial charge in [-0.05, 0) is 6.92 Å². The summed E-state index contributed by atoms with van der Waals surface area (Å²) in [6.45, 7) is 1.79. The standard InChI is InChI=1S/C9H9N3O/c1-7-8(4-2-3-5-13)6-11-9(10)12-7/h5-6H,3H2,1H3,(H2,10,11,12). The zero-order valence-electron chi connectivity index (χ0n) is 7.24. The first-order chi connectivity index (χ1) is 6.24. The molecule has 0 radical (unpaired) electrons. The van der Waals surface area contributed by atoms with Crippen LogP contribution in [-0.4, -0.2) is 16.3 Å². The summed E-state index contributed by atoms with van der Waals surface area (Å²) in [6.07, 6.45) is 2.53. The van der Waals surface area contributed by atoms with Gasteiger partial charge in [0.15, 0.2) is 0 Å². The maximum absolute atomic E-state index is 9.98. The highest BCUT2D eigenvalue weighted by Gasteiger charge is 1.96. The Kier molecular flexibility index (Phi) is 2.98. The summed E-state index contributed by atoms with van der Waals surface area (Å²) in [6, 6.07) is 0. The molecule has 0 unspecified atom stereocenters. The van der Waals surface area contributed by atoms with Crippen LogP contribution in [-0.2, 0) is 4.79 Å². The van der Waals surface area contributed by atoms with Gasteiger partial charge in [0, 0.05) is 6.20 Å². The number of carbonyl (C=O) groups excluding carboxylic acids is 1. The summed E-state index contributed by atoms with van der Waals surface area (Å²) in [7, 11) is 0. The van der Waals surface area contributed by atoms with Gasteiger partial charge in [0.2, 0.25) is 5.95 Å². The molecule has 0 fully saturated rings. The van der Waals surface area contributed by atoms with E-state index in [1.165, 1.54) is 0 Å². The fraction of sp³-hybridized carbons (Fsp3) is 0.222. The summed E-state index contributed by atoms with van der Waals surface area (Å²) in [5.41, 5.74) is 6.79. The minimum absolute atomic E-state index is 0.226. The molecule has 0 amide bonds. The molecule has 0 bridgehead atoms. The molecule has 4 nitrogen and oxygen atoms in total. The third kappa shape index (κ3) is 2.56. The maximum Gasteiger partial charge on any atom is 0.220 e. The van der Waals surface area contributed by atoms with Gasteiger partial charge in [0.25, 0.3) is 0 Å². The minimum atomic E-state index is 0.226. The van der Waals surface area contributed by atoms with E-state index in [1.807, 2.05) is 0 Å². The Labute approximate surface area is 76.2 Å². The first kappa shape index (κ1) is 9.20. The van der Waals surface area contributed by atoms with Crippen LogP contribution < -0.4 is 5.73 Å². The van der Waals surface area contributed by atoms with E-state index in [0.717, 1.165) is 12.0 Å². The Morgan fingerprint density at radius 3 is 3.08 bits per heavy atom. The Hall–Kier alpha value is -1.89. The van der Waals surface area contributed by atoms with Gasteiger partial charge in [0.1, 0.15) is 6.29 Å². The number of hydrogen-bond donors (Lipinski definition) is 1. The van der Waals surface area contributed by atoms with Crippen LogP contribution in [0.1, 0.15) is 17.7 Å². The van der Waals surface area contributed by atoms with E-state index >= 15 is 0 Å². The van der Waals surface area contributed by atoms with Gasteiger partial charge in [-0.15, -0.1) is 0 Å². The van der Waals surface area contributed by atoms with E-state index in [4.69, 9.17) is 5.73 Å². The third-order valence-corrected chi connectivity index (χ3v) is 1.41. The Bertz CT molecular complexity index is 376. The highest BCUT2D eigenvalue weighted by Crippen LogP contribution is 2.02. The van der Waals surface area contributed by atoms with Crippen LogP contribution in [0.25, 0.3) is 0 Å². The van der Waals surface area contributed by atoms with Gasteiger partial charge >= 0.3 is 0 Å². The van der Waals surface area contributed by atoms with Gasteiger partial charge < -0.3 is 10.5 Å². The molecule has 0 atom stereocenters. The zero-order chi connectivity index (χ0) is 9.68. The lowest BCUT2D eigenvalue weighted by Gasteiger charge is -1.96. The highest BCUT2D eigenvalue weighted by molar-refractivity contribution is 5.55. The average Bonchev–Trinajstić information content (AvgIpc) is 2.09. The highest BCUT2D eigenvalue weighted by atomic mass is 16.1. The number of nitrogen functional groups attached to an aromatic ring is 1. The SMILES string of the molecule is Cc1nc(N)ncc1C#CCC=O. The molecule has 1 aromatic heterocycles. The van der Waals surface area contributed by atoms with Gasteiger partial charge in [-0.2, -0.15) is 0 Å². The second-order valence-electron chi connectivity index (χ2n) is 2.40. The molecule has 4 heteroatoms. The molecule has 1 heterocycles. The van der Waals surface area contributed by atoms with E-state index in [9.17, 15) is 4.79 Å². The van der Waals surface area contributed by atoms with Crippen molar-refractivity contribution in [2.75, 3.05) is 5.73 Å². The van der Waals surface area contributed by atoms with Crippen LogP contribution in [0.4, 0.5) is 5.95 Å². The van der Waals surface area contributed by atoms with Crippen molar-refractivity contribution in [1.29, 1.82) is 0 Å². The van der Waals surface area contributed by atoms with Crippen LogP contribution in [0.3, 0.4) is 0 Å². The summed E-state index contributed by atoms with van der Waals surface area (Å²) >= 11 is 0. The molecule has 66 valence electrons. The predicted molar refractivity (Wildman–Crippen MR) is 48.7 cm³/mol. The number of hydrogen-bond acceptors (Lipinski definition) is 4. The smallest absolute Gasteiger partial charge is 0.220 e.